The average molecular weight is 380 g/mol. The van der Waals surface area contributed by atoms with Gasteiger partial charge in [0.05, 0.1) is 22.7 Å². The largest absolute Gasteiger partial charge is 0.494 e. The predicted octanol–water partition coefficient (Wildman–Crippen LogP) is 3.72. The van der Waals surface area contributed by atoms with Crippen molar-refractivity contribution in [2.24, 2.45) is 0 Å². The molecule has 0 radical (unpaired) electrons. The molecule has 0 N–H and O–H groups in total. The summed E-state index contributed by atoms with van der Waals surface area (Å²) in [6.45, 7) is 3.73. The number of nitro benzene ring substituents is 1. The van der Waals surface area contributed by atoms with E-state index in [1.165, 1.54) is 25.3 Å². The fraction of sp³-hybridized carbons (Fsp3) is 0.333. The highest BCUT2D eigenvalue weighted by Crippen LogP contribution is 2.30. The monoisotopic (exact) mass is 379 g/mol. The Morgan fingerprint density at radius 1 is 1.19 bits per heavy atom. The zero-order valence-electron chi connectivity index (χ0n) is 14.3. The molecule has 138 valence electrons. The minimum absolute atomic E-state index is 0.0149. The number of piperazine rings is 1. The molecule has 0 aliphatic carbocycles. The molecule has 8 heteroatoms. The van der Waals surface area contributed by atoms with Gasteiger partial charge in [-0.05, 0) is 23.8 Å². The van der Waals surface area contributed by atoms with Crippen LogP contribution in [0.5, 0.6) is 5.75 Å². The summed E-state index contributed by atoms with van der Waals surface area (Å²) in [5.41, 5.74) is 1.68. The fourth-order valence-electron chi connectivity index (χ4n) is 3.08. The fourth-order valence-corrected chi connectivity index (χ4v) is 3.37. The van der Waals surface area contributed by atoms with Crippen LogP contribution in [0.3, 0.4) is 0 Å². The second-order valence-corrected chi connectivity index (χ2v) is 6.53. The van der Waals surface area contributed by atoms with Crippen LogP contribution in [0, 0.1) is 15.9 Å². The third-order valence-corrected chi connectivity index (χ3v) is 4.78. The summed E-state index contributed by atoms with van der Waals surface area (Å²) >= 11 is 6.21. The minimum Gasteiger partial charge on any atom is -0.494 e. The second-order valence-electron chi connectivity index (χ2n) is 6.12. The molecule has 26 heavy (non-hydrogen) atoms. The van der Waals surface area contributed by atoms with Crippen molar-refractivity contribution in [3.05, 3.63) is 62.9 Å². The van der Waals surface area contributed by atoms with E-state index in [1.807, 2.05) is 6.07 Å². The van der Waals surface area contributed by atoms with Gasteiger partial charge in [-0.2, -0.15) is 0 Å². The Labute approximate surface area is 155 Å². The van der Waals surface area contributed by atoms with Crippen LogP contribution in [0.1, 0.15) is 5.56 Å². The molecule has 1 fully saturated rings. The van der Waals surface area contributed by atoms with Gasteiger partial charge in [-0.25, -0.2) is 4.39 Å². The van der Waals surface area contributed by atoms with Crippen LogP contribution in [0.2, 0.25) is 5.02 Å². The number of nitrogens with zero attached hydrogens (tertiary/aromatic N) is 3. The van der Waals surface area contributed by atoms with Gasteiger partial charge in [0.15, 0.2) is 11.6 Å². The highest BCUT2D eigenvalue weighted by Gasteiger charge is 2.20. The Kier molecular flexibility index (Phi) is 5.58. The van der Waals surface area contributed by atoms with E-state index >= 15 is 0 Å². The maximum absolute atomic E-state index is 13.8. The first-order chi connectivity index (χ1) is 12.5. The molecular formula is C18H19ClFN3O3. The standard InChI is InChI=1S/C18H19ClFN3O3/c1-26-18-5-2-13(10-16(18)20)12-21-6-8-22(9-7-21)17-4-3-14(23(24)25)11-15(17)19/h2-5,10-11H,6-9,12H2,1H3. The van der Waals surface area contributed by atoms with Crippen molar-refractivity contribution in [3.8, 4) is 5.75 Å². The van der Waals surface area contributed by atoms with E-state index in [9.17, 15) is 14.5 Å². The Bertz CT molecular complexity index is 810. The molecule has 2 aromatic rings. The van der Waals surface area contributed by atoms with Crippen molar-refractivity contribution in [3.63, 3.8) is 0 Å². The molecule has 3 rings (SSSR count). The van der Waals surface area contributed by atoms with Gasteiger partial charge in [-0.15, -0.1) is 0 Å². The molecule has 1 heterocycles. The van der Waals surface area contributed by atoms with E-state index in [-0.39, 0.29) is 17.3 Å². The predicted molar refractivity (Wildman–Crippen MR) is 98.5 cm³/mol. The molecule has 1 aliphatic rings. The first-order valence-electron chi connectivity index (χ1n) is 8.21. The van der Waals surface area contributed by atoms with E-state index in [1.54, 1.807) is 12.1 Å². The van der Waals surface area contributed by atoms with Crippen molar-refractivity contribution in [1.82, 2.24) is 4.90 Å². The van der Waals surface area contributed by atoms with Crippen LogP contribution >= 0.6 is 11.6 Å². The number of nitro groups is 1. The second kappa shape index (κ2) is 7.88. The van der Waals surface area contributed by atoms with E-state index in [2.05, 4.69) is 9.80 Å². The number of ether oxygens (including phenoxy) is 1. The summed E-state index contributed by atoms with van der Waals surface area (Å²) in [4.78, 5) is 14.7. The molecule has 1 saturated heterocycles. The van der Waals surface area contributed by atoms with Crippen LogP contribution in [0.25, 0.3) is 0 Å². The van der Waals surface area contributed by atoms with Gasteiger partial charge in [-0.3, -0.25) is 15.0 Å². The molecule has 2 aromatic carbocycles. The van der Waals surface area contributed by atoms with Crippen molar-refractivity contribution >= 4 is 23.0 Å². The topological polar surface area (TPSA) is 58.8 Å². The van der Waals surface area contributed by atoms with Gasteiger partial charge in [0, 0.05) is 44.9 Å². The number of anilines is 1. The Morgan fingerprint density at radius 3 is 2.50 bits per heavy atom. The maximum Gasteiger partial charge on any atom is 0.271 e. The van der Waals surface area contributed by atoms with E-state index in [4.69, 9.17) is 16.3 Å². The molecule has 0 aromatic heterocycles. The van der Waals surface area contributed by atoms with Crippen molar-refractivity contribution in [2.45, 2.75) is 6.54 Å². The molecule has 0 unspecified atom stereocenters. The van der Waals surface area contributed by atoms with Crippen LogP contribution in [-0.2, 0) is 6.54 Å². The summed E-state index contributed by atoms with van der Waals surface area (Å²) in [5.74, 6) is -0.118. The Morgan fingerprint density at radius 2 is 1.92 bits per heavy atom. The number of halogens is 2. The quantitative estimate of drug-likeness (QED) is 0.585. The van der Waals surface area contributed by atoms with Gasteiger partial charge >= 0.3 is 0 Å². The molecule has 0 atom stereocenters. The van der Waals surface area contributed by atoms with Crippen molar-refractivity contribution < 1.29 is 14.1 Å². The van der Waals surface area contributed by atoms with Crippen LogP contribution in [-0.4, -0.2) is 43.1 Å². The molecule has 6 nitrogen and oxygen atoms in total. The lowest BCUT2D eigenvalue weighted by molar-refractivity contribution is -0.384. The lowest BCUT2D eigenvalue weighted by Crippen LogP contribution is -2.46. The van der Waals surface area contributed by atoms with Gasteiger partial charge < -0.3 is 9.64 Å². The summed E-state index contributed by atoms with van der Waals surface area (Å²) in [6.07, 6.45) is 0. The number of methoxy groups -OCH3 is 1. The van der Waals surface area contributed by atoms with E-state index in [0.29, 0.717) is 11.6 Å². The number of hydrogen-bond acceptors (Lipinski definition) is 5. The highest BCUT2D eigenvalue weighted by molar-refractivity contribution is 6.33. The Hall–Kier alpha value is -2.38. The smallest absolute Gasteiger partial charge is 0.271 e. The van der Waals surface area contributed by atoms with Gasteiger partial charge in [0.1, 0.15) is 0 Å². The zero-order valence-corrected chi connectivity index (χ0v) is 15.1. The highest BCUT2D eigenvalue weighted by atomic mass is 35.5. The Balaban J connectivity index is 1.61. The van der Waals surface area contributed by atoms with Gasteiger partial charge in [-0.1, -0.05) is 17.7 Å². The number of rotatable bonds is 5. The molecule has 0 spiro atoms. The summed E-state index contributed by atoms with van der Waals surface area (Å²) in [5, 5.41) is 11.2. The van der Waals surface area contributed by atoms with Crippen LogP contribution in [0.15, 0.2) is 36.4 Å². The third kappa shape index (κ3) is 4.05. The van der Waals surface area contributed by atoms with E-state index in [0.717, 1.165) is 37.4 Å². The van der Waals surface area contributed by atoms with E-state index < -0.39 is 4.92 Å². The van der Waals surface area contributed by atoms with Crippen molar-refractivity contribution in [2.75, 3.05) is 38.2 Å². The molecular weight excluding hydrogens is 361 g/mol. The number of non-ortho nitro benzene ring substituents is 1. The molecule has 1 aliphatic heterocycles. The number of benzene rings is 2. The molecule has 0 bridgehead atoms. The van der Waals surface area contributed by atoms with Gasteiger partial charge in [0.2, 0.25) is 0 Å². The maximum atomic E-state index is 13.8. The SMILES string of the molecule is COc1ccc(CN2CCN(c3ccc([N+](=O)[O-])cc3Cl)CC2)cc1F. The zero-order chi connectivity index (χ0) is 18.7. The molecule has 0 saturated carbocycles. The first kappa shape index (κ1) is 18.4. The van der Waals surface area contributed by atoms with Crippen LogP contribution in [0.4, 0.5) is 15.8 Å². The lowest BCUT2D eigenvalue weighted by atomic mass is 10.1. The number of hydrogen-bond donors (Lipinski definition) is 0. The summed E-state index contributed by atoms with van der Waals surface area (Å²) in [7, 11) is 1.45. The molecule has 0 amide bonds. The third-order valence-electron chi connectivity index (χ3n) is 4.48. The summed E-state index contributed by atoms with van der Waals surface area (Å²) in [6, 6.07) is 9.53. The van der Waals surface area contributed by atoms with Crippen molar-refractivity contribution in [1.29, 1.82) is 0 Å². The minimum atomic E-state index is -0.457. The van der Waals surface area contributed by atoms with Gasteiger partial charge in [0.25, 0.3) is 5.69 Å². The summed E-state index contributed by atoms with van der Waals surface area (Å²) < 4.78 is 18.7. The van der Waals surface area contributed by atoms with Crippen LogP contribution < -0.4 is 9.64 Å². The first-order valence-corrected chi connectivity index (χ1v) is 8.59. The lowest BCUT2D eigenvalue weighted by Gasteiger charge is -2.36. The average Bonchev–Trinajstić information content (AvgIpc) is 2.62. The normalized spacial score (nSPS) is 15.1.